The number of benzene rings is 1. The third-order valence-electron chi connectivity index (χ3n) is 1.76. The number of esters is 1. The average molecular weight is 216 g/mol. The van der Waals surface area contributed by atoms with Crippen LogP contribution in [0.1, 0.15) is 12.5 Å². The van der Waals surface area contributed by atoms with Gasteiger partial charge in [0.1, 0.15) is 5.82 Å². The lowest BCUT2D eigenvalue weighted by Crippen LogP contribution is -2.09. The van der Waals surface area contributed by atoms with Crippen LogP contribution in [0.2, 0.25) is 0 Å². The monoisotopic (exact) mass is 216 g/mol. The molecule has 15 heavy (non-hydrogen) atoms. The number of rotatable bonds is 3. The Kier molecular flexibility index (Phi) is 3.60. The molecular weight excluding hydrogens is 206 g/mol. The largest absolute Gasteiger partial charge is 0.505 e. The highest BCUT2D eigenvalue weighted by Gasteiger charge is 2.12. The molecule has 0 aromatic heterocycles. The van der Waals surface area contributed by atoms with Gasteiger partial charge in [-0.15, -0.1) is 0 Å². The van der Waals surface area contributed by atoms with E-state index in [1.807, 2.05) is 0 Å². The van der Waals surface area contributed by atoms with Gasteiger partial charge in [0, 0.05) is 11.6 Å². The van der Waals surface area contributed by atoms with Crippen LogP contribution in [0.15, 0.2) is 12.1 Å². The second-order valence-electron chi connectivity index (χ2n) is 2.88. The van der Waals surface area contributed by atoms with Crippen LogP contribution in [-0.2, 0) is 16.0 Å². The Hall–Kier alpha value is -1.65. The molecule has 0 fully saturated rings. The van der Waals surface area contributed by atoms with Gasteiger partial charge >= 0.3 is 5.97 Å². The molecular formula is C10H10F2O3. The first-order valence-electron chi connectivity index (χ1n) is 4.37. The van der Waals surface area contributed by atoms with E-state index >= 15 is 0 Å². The second-order valence-corrected chi connectivity index (χ2v) is 2.88. The Balaban J connectivity index is 2.86. The van der Waals surface area contributed by atoms with Crippen molar-refractivity contribution in [3.05, 3.63) is 29.3 Å². The van der Waals surface area contributed by atoms with Crippen molar-refractivity contribution in [2.75, 3.05) is 6.61 Å². The molecule has 5 heteroatoms. The van der Waals surface area contributed by atoms with E-state index in [2.05, 4.69) is 4.74 Å². The summed E-state index contributed by atoms with van der Waals surface area (Å²) < 4.78 is 30.3. The molecule has 1 aromatic rings. The molecule has 82 valence electrons. The number of hydrogen-bond donors (Lipinski definition) is 1. The molecule has 0 atom stereocenters. The minimum absolute atomic E-state index is 0.0904. The van der Waals surface area contributed by atoms with Gasteiger partial charge in [-0.1, -0.05) is 0 Å². The number of carbonyl (C=O) groups excluding carboxylic acids is 1. The van der Waals surface area contributed by atoms with Gasteiger partial charge < -0.3 is 9.84 Å². The number of halogens is 2. The molecule has 1 N–H and O–H groups in total. The van der Waals surface area contributed by atoms with Crippen molar-refractivity contribution in [1.29, 1.82) is 0 Å². The molecule has 0 bridgehead atoms. The van der Waals surface area contributed by atoms with Crippen LogP contribution >= 0.6 is 0 Å². The number of carbonyl (C=O) groups is 1. The highest BCUT2D eigenvalue weighted by molar-refractivity contribution is 5.72. The molecule has 0 spiro atoms. The molecule has 0 heterocycles. The summed E-state index contributed by atoms with van der Waals surface area (Å²) in [6.45, 7) is 1.81. The molecule has 0 saturated heterocycles. The summed E-state index contributed by atoms with van der Waals surface area (Å²) in [4.78, 5) is 11.0. The van der Waals surface area contributed by atoms with E-state index in [4.69, 9.17) is 5.11 Å². The first-order chi connectivity index (χ1) is 7.04. The summed E-state index contributed by atoms with van der Waals surface area (Å²) in [5.74, 6) is -3.24. The zero-order valence-corrected chi connectivity index (χ0v) is 8.09. The lowest BCUT2D eigenvalue weighted by molar-refractivity contribution is -0.142. The van der Waals surface area contributed by atoms with Crippen molar-refractivity contribution >= 4 is 5.97 Å². The highest BCUT2D eigenvalue weighted by Crippen LogP contribution is 2.20. The predicted octanol–water partition coefficient (Wildman–Crippen LogP) is 1.78. The fourth-order valence-corrected chi connectivity index (χ4v) is 1.08. The first-order valence-corrected chi connectivity index (χ1v) is 4.37. The fourth-order valence-electron chi connectivity index (χ4n) is 1.08. The molecule has 0 amide bonds. The minimum Gasteiger partial charge on any atom is -0.505 e. The number of aromatic hydroxyl groups is 1. The van der Waals surface area contributed by atoms with Gasteiger partial charge in [-0.05, 0) is 13.0 Å². The molecule has 0 aliphatic carbocycles. The predicted molar refractivity (Wildman–Crippen MR) is 48.4 cm³/mol. The Morgan fingerprint density at radius 1 is 1.40 bits per heavy atom. The van der Waals surface area contributed by atoms with Gasteiger partial charge in [0.15, 0.2) is 11.6 Å². The van der Waals surface area contributed by atoms with E-state index in [1.54, 1.807) is 6.92 Å². The van der Waals surface area contributed by atoms with Crippen LogP contribution < -0.4 is 0 Å². The first kappa shape index (κ1) is 11.4. The van der Waals surface area contributed by atoms with E-state index in [1.165, 1.54) is 0 Å². The van der Waals surface area contributed by atoms with Crippen LogP contribution in [0.5, 0.6) is 5.75 Å². The highest BCUT2D eigenvalue weighted by atomic mass is 19.1. The summed E-state index contributed by atoms with van der Waals surface area (Å²) in [5, 5.41) is 8.97. The SMILES string of the molecule is CCOC(=O)Cc1cc(O)c(F)cc1F. The molecule has 0 unspecified atom stereocenters. The lowest BCUT2D eigenvalue weighted by Gasteiger charge is -2.04. The zero-order valence-electron chi connectivity index (χ0n) is 8.09. The normalized spacial score (nSPS) is 10.1. The second kappa shape index (κ2) is 4.72. The Morgan fingerprint density at radius 2 is 2.07 bits per heavy atom. The number of phenols is 1. The van der Waals surface area contributed by atoms with Gasteiger partial charge in [0.05, 0.1) is 13.0 Å². The topological polar surface area (TPSA) is 46.5 Å². The molecule has 0 radical (unpaired) electrons. The van der Waals surface area contributed by atoms with Gasteiger partial charge in [-0.25, -0.2) is 8.78 Å². The van der Waals surface area contributed by atoms with Crippen molar-refractivity contribution in [3.63, 3.8) is 0 Å². The third kappa shape index (κ3) is 2.90. The van der Waals surface area contributed by atoms with Crippen molar-refractivity contribution in [3.8, 4) is 5.75 Å². The average Bonchev–Trinajstić information content (AvgIpc) is 2.14. The van der Waals surface area contributed by atoms with Crippen LogP contribution in [0.4, 0.5) is 8.78 Å². The van der Waals surface area contributed by atoms with E-state index < -0.39 is 23.4 Å². The van der Waals surface area contributed by atoms with E-state index in [-0.39, 0.29) is 18.6 Å². The maximum absolute atomic E-state index is 13.1. The Bertz CT molecular complexity index is 377. The maximum Gasteiger partial charge on any atom is 0.310 e. The summed E-state index contributed by atoms with van der Waals surface area (Å²) >= 11 is 0. The van der Waals surface area contributed by atoms with Crippen molar-refractivity contribution in [2.24, 2.45) is 0 Å². The zero-order chi connectivity index (χ0) is 11.4. The summed E-state index contributed by atoms with van der Waals surface area (Å²) in [6.07, 6.45) is -0.326. The van der Waals surface area contributed by atoms with Gasteiger partial charge in [0.25, 0.3) is 0 Å². The number of ether oxygens (including phenoxy) is 1. The number of hydrogen-bond acceptors (Lipinski definition) is 3. The maximum atomic E-state index is 13.1. The Labute approximate surface area is 85.3 Å². The molecule has 3 nitrogen and oxygen atoms in total. The van der Waals surface area contributed by atoms with Crippen molar-refractivity contribution in [1.82, 2.24) is 0 Å². The van der Waals surface area contributed by atoms with E-state index in [0.717, 1.165) is 6.07 Å². The van der Waals surface area contributed by atoms with E-state index in [9.17, 15) is 13.6 Å². The van der Waals surface area contributed by atoms with Crippen molar-refractivity contribution < 1.29 is 23.4 Å². The molecule has 1 aromatic carbocycles. The molecule has 1 rings (SSSR count). The quantitative estimate of drug-likeness (QED) is 0.783. The standard InChI is InChI=1S/C10H10F2O3/c1-2-15-10(14)4-6-3-9(13)8(12)5-7(6)11/h3,5,13H,2,4H2,1H3. The van der Waals surface area contributed by atoms with Crippen molar-refractivity contribution in [2.45, 2.75) is 13.3 Å². The molecule has 0 saturated carbocycles. The van der Waals surface area contributed by atoms with Gasteiger partial charge in [0.2, 0.25) is 0 Å². The summed E-state index contributed by atoms with van der Waals surface area (Å²) in [7, 11) is 0. The van der Waals surface area contributed by atoms with Gasteiger partial charge in [-0.2, -0.15) is 0 Å². The minimum atomic E-state index is -1.06. The Morgan fingerprint density at radius 3 is 2.67 bits per heavy atom. The summed E-state index contributed by atoms with van der Waals surface area (Å²) in [5.41, 5.74) is -0.0904. The van der Waals surface area contributed by atoms with Crippen LogP contribution in [0.3, 0.4) is 0 Å². The smallest absolute Gasteiger partial charge is 0.310 e. The fraction of sp³-hybridized carbons (Fsp3) is 0.300. The van der Waals surface area contributed by atoms with Crippen LogP contribution in [-0.4, -0.2) is 17.7 Å². The third-order valence-corrected chi connectivity index (χ3v) is 1.76. The lowest BCUT2D eigenvalue weighted by atomic mass is 10.1. The van der Waals surface area contributed by atoms with Crippen LogP contribution in [0.25, 0.3) is 0 Å². The van der Waals surface area contributed by atoms with Gasteiger partial charge in [-0.3, -0.25) is 4.79 Å². The molecule has 0 aliphatic rings. The molecule has 0 aliphatic heterocycles. The van der Waals surface area contributed by atoms with Crippen LogP contribution in [0, 0.1) is 11.6 Å². The van der Waals surface area contributed by atoms with E-state index in [0.29, 0.717) is 6.07 Å². The number of phenolic OH excluding ortho intramolecular Hbond substituents is 1. The summed E-state index contributed by atoms with van der Waals surface area (Å²) in [6, 6.07) is 1.41.